The lowest BCUT2D eigenvalue weighted by Gasteiger charge is -2.38. The van der Waals surface area contributed by atoms with Gasteiger partial charge in [-0.1, -0.05) is 35.3 Å². The highest BCUT2D eigenvalue weighted by Crippen LogP contribution is 2.39. The molecule has 3 aliphatic rings. The normalized spacial score (nSPS) is 23.5. The molecule has 2 aromatic carbocycles. The molecule has 1 saturated heterocycles. The highest BCUT2D eigenvalue weighted by Gasteiger charge is 2.48. The SMILES string of the molecule is CC(=O)CCOCCOCCOCCC(=O)NCCC(=O)Nc1cc(C[n+]2cnc(N[C@@H]3CCc4ccccc43)c3ccn([C@H]4C[C@H](COS(N)(=O)=O)[C@H](O)C4)c32)ccc1O[C@@H]1O[C@H](C(=O)O)[C@@H](O)[C@H](O)[C@H]1O.[CH3-]. The number of nitrogens with zero attached hydrogens (tertiary/aromatic N) is 3. The Kier molecular flexibility index (Phi) is 20.7. The molecule has 4 aromatic rings. The Morgan fingerprint density at radius 1 is 0.892 bits per heavy atom. The van der Waals surface area contributed by atoms with Gasteiger partial charge in [-0.3, -0.25) is 23.1 Å². The first-order valence-corrected chi connectivity index (χ1v) is 25.5. The van der Waals surface area contributed by atoms with Crippen LogP contribution in [0.2, 0.25) is 0 Å². The zero-order chi connectivity index (χ0) is 52.2. The number of nitrogens with one attached hydrogen (secondary N) is 3. The third-order valence-corrected chi connectivity index (χ3v) is 13.3. The van der Waals surface area contributed by atoms with Crippen LogP contribution in [-0.2, 0) is 65.6 Å². The molecule has 9 atom stereocenters. The summed E-state index contributed by atoms with van der Waals surface area (Å²) in [7, 11) is -4.25. The van der Waals surface area contributed by atoms with Gasteiger partial charge in [0, 0.05) is 38.1 Å². The summed E-state index contributed by atoms with van der Waals surface area (Å²) in [5.41, 5.74) is 3.75. The number of carboxylic acid groups (broad SMARTS) is 1. The molecule has 2 aliphatic carbocycles. The van der Waals surface area contributed by atoms with Crippen LogP contribution in [0.5, 0.6) is 5.75 Å². The van der Waals surface area contributed by atoms with Crippen LogP contribution >= 0.6 is 0 Å². The molecule has 1 aliphatic heterocycles. The van der Waals surface area contributed by atoms with Crippen molar-refractivity contribution in [1.29, 1.82) is 0 Å². The average Bonchev–Trinajstić information content (AvgIpc) is 4.08. The number of nitrogens with two attached hydrogens (primary N) is 1. The fourth-order valence-corrected chi connectivity index (χ4v) is 9.49. The molecule has 7 rings (SSSR count). The maximum atomic E-state index is 13.5. The number of Topliss-reactive ketones (excluding diaryl/α,β-unsaturated/α-hetero) is 1. The van der Waals surface area contributed by atoms with Crippen molar-refractivity contribution in [1.82, 2.24) is 14.9 Å². The highest BCUT2D eigenvalue weighted by molar-refractivity contribution is 7.84. The van der Waals surface area contributed by atoms with Gasteiger partial charge in [0.15, 0.2) is 6.10 Å². The standard InChI is InChI=1S/C48H63N7O17S.CH3/c1-28(56)12-16-67-18-20-69-21-19-68-17-13-39(58)50-14-10-40(59)52-36-22-29(6-9-38(36)71-48-43(62)41(60)42(61)44(72-48)47(63)64)25-54-27-51-45(53-35-8-7-30-4-2-3-5-33(30)35)34-11-15-55(46(34)54)32-23-31(37(57)24-32)26-70-73(49,65)66;/h2-6,9,11,15,22,27,31-32,35,37,41-44,48,57,60-62H,7-8,10,12-14,16-21,23-26H2,1H3,(H5,49,50,52,58,59,63,64,65,66);1H3/q;-1/p+1/t31-,32+,35-,37-,41+,42+,43-,44+,48-;/m1./s1. The Bertz CT molecular complexity index is 2670. The van der Waals surface area contributed by atoms with E-state index in [9.17, 15) is 53.1 Å². The second-order valence-corrected chi connectivity index (χ2v) is 19.4. The van der Waals surface area contributed by atoms with Crippen molar-refractivity contribution >= 4 is 56.4 Å². The lowest BCUT2D eigenvalue weighted by atomic mass is 9.99. The van der Waals surface area contributed by atoms with Crippen LogP contribution in [0.25, 0.3) is 11.0 Å². The molecule has 0 radical (unpaired) electrons. The van der Waals surface area contributed by atoms with Gasteiger partial charge in [-0.15, -0.1) is 0 Å². The topological polar surface area (TPSA) is 343 Å². The van der Waals surface area contributed by atoms with E-state index in [1.807, 2.05) is 33.5 Å². The Morgan fingerprint density at radius 3 is 2.32 bits per heavy atom. The van der Waals surface area contributed by atoms with Crippen molar-refractivity contribution < 1.29 is 85.6 Å². The van der Waals surface area contributed by atoms with Gasteiger partial charge in [-0.05, 0) is 61.1 Å². The molecule has 1 saturated carbocycles. The number of ketones is 1. The predicted octanol–water partition coefficient (Wildman–Crippen LogP) is 0.589. The Balaban J connectivity index is 0.00000892. The van der Waals surface area contributed by atoms with E-state index in [2.05, 4.69) is 28.1 Å². The fraction of sp³-hybridized carbons (Fsp3) is 0.531. The lowest BCUT2D eigenvalue weighted by molar-refractivity contribution is -0.668. The average molecular weight is 1060 g/mol. The van der Waals surface area contributed by atoms with E-state index in [4.69, 9.17) is 38.0 Å². The van der Waals surface area contributed by atoms with E-state index < -0.39 is 64.9 Å². The number of amides is 2. The number of hydrogen-bond donors (Lipinski definition) is 9. The smallest absolute Gasteiger partial charge is 0.335 e. The van der Waals surface area contributed by atoms with E-state index in [1.54, 1.807) is 18.5 Å². The third kappa shape index (κ3) is 15.4. The molecule has 0 bridgehead atoms. The first-order valence-electron chi connectivity index (χ1n) is 24.1. The molecule has 3 heterocycles. The zero-order valence-corrected chi connectivity index (χ0v) is 42.1. The van der Waals surface area contributed by atoms with Crippen LogP contribution < -0.4 is 30.4 Å². The van der Waals surface area contributed by atoms with Crippen LogP contribution in [-0.4, -0.2) is 157 Å². The van der Waals surface area contributed by atoms with Gasteiger partial charge in [0.2, 0.25) is 35.9 Å². The van der Waals surface area contributed by atoms with E-state index in [0.717, 1.165) is 18.2 Å². The maximum Gasteiger partial charge on any atom is 0.335 e. The number of aryl methyl sites for hydroxylation is 1. The molecule has 406 valence electrons. The number of carbonyl (C=O) groups is 4. The summed E-state index contributed by atoms with van der Waals surface area (Å²) in [6, 6.07) is 14.5. The molecule has 74 heavy (non-hydrogen) atoms. The van der Waals surface area contributed by atoms with Crippen LogP contribution in [0.15, 0.2) is 61.1 Å². The quantitative estimate of drug-likeness (QED) is 0.0224. The number of anilines is 2. The van der Waals surface area contributed by atoms with E-state index in [0.29, 0.717) is 49.7 Å². The number of aliphatic hydroxyl groups is 4. The third-order valence-electron chi connectivity index (χ3n) is 12.9. The molecule has 10 N–H and O–H groups in total. The number of aliphatic hydroxyl groups excluding tert-OH is 4. The van der Waals surface area contributed by atoms with Gasteiger partial charge in [-0.2, -0.15) is 8.42 Å². The first kappa shape index (κ1) is 57.6. The number of carboxylic acids is 1. The molecule has 0 unspecified atom stereocenters. The van der Waals surface area contributed by atoms with E-state index >= 15 is 0 Å². The number of fused-ring (bicyclic) bond motifs is 2. The van der Waals surface area contributed by atoms with Gasteiger partial charge in [0.25, 0.3) is 0 Å². The number of aliphatic carboxylic acids is 1. The first-order chi connectivity index (χ1) is 34.9. The molecule has 2 amide bonds. The van der Waals surface area contributed by atoms with Crippen LogP contribution in [0.3, 0.4) is 0 Å². The van der Waals surface area contributed by atoms with Crippen molar-refractivity contribution in [2.45, 2.75) is 107 Å². The predicted molar refractivity (Wildman–Crippen MR) is 263 cm³/mol. The van der Waals surface area contributed by atoms with Crippen molar-refractivity contribution in [3.05, 3.63) is 85.2 Å². The molecule has 0 spiro atoms. The van der Waals surface area contributed by atoms with Gasteiger partial charge in [0.05, 0.1) is 82.9 Å². The largest absolute Gasteiger partial charge is 0.479 e. The minimum absolute atomic E-state index is 0. The van der Waals surface area contributed by atoms with Gasteiger partial charge >= 0.3 is 16.3 Å². The van der Waals surface area contributed by atoms with Gasteiger partial charge in [0.1, 0.15) is 35.2 Å². The van der Waals surface area contributed by atoms with Gasteiger partial charge < -0.3 is 72.6 Å². The molecule has 2 aromatic heterocycles. The van der Waals surface area contributed by atoms with Crippen molar-refractivity contribution in [3.63, 3.8) is 0 Å². The number of rotatable bonds is 27. The number of hydrogen-bond acceptors (Lipinski definition) is 18. The Morgan fingerprint density at radius 2 is 1.61 bits per heavy atom. The zero-order valence-electron chi connectivity index (χ0n) is 41.2. The summed E-state index contributed by atoms with van der Waals surface area (Å²) in [4.78, 5) is 53.8. The lowest BCUT2D eigenvalue weighted by Crippen LogP contribution is -2.61. The van der Waals surface area contributed by atoms with E-state index in [1.165, 1.54) is 24.1 Å². The monoisotopic (exact) mass is 1060 g/mol. The van der Waals surface area contributed by atoms with E-state index in [-0.39, 0.29) is 101 Å². The van der Waals surface area contributed by atoms with Crippen LogP contribution in [0, 0.1) is 13.3 Å². The summed E-state index contributed by atoms with van der Waals surface area (Å²) < 4.78 is 59.5. The Hall–Kier alpha value is -5.71. The highest BCUT2D eigenvalue weighted by atomic mass is 32.2. The minimum atomic E-state index is -4.25. The van der Waals surface area contributed by atoms with Crippen molar-refractivity contribution in [3.8, 4) is 5.75 Å². The van der Waals surface area contributed by atoms with Gasteiger partial charge in [-0.25, -0.2) is 14.5 Å². The number of benzene rings is 2. The molecule has 24 nitrogen and oxygen atoms in total. The molecule has 2 fully saturated rings. The van der Waals surface area contributed by atoms with Crippen molar-refractivity contribution in [2.75, 3.05) is 63.4 Å². The Labute approximate surface area is 428 Å². The number of carbonyl (C=O) groups excluding carboxylic acids is 3. The summed E-state index contributed by atoms with van der Waals surface area (Å²) in [5, 5.41) is 67.2. The minimum Gasteiger partial charge on any atom is -0.479 e. The maximum absolute atomic E-state index is 13.5. The molecule has 25 heteroatoms. The molecular weight excluding hydrogens is 991 g/mol. The van der Waals surface area contributed by atoms with Crippen molar-refractivity contribution in [2.24, 2.45) is 11.1 Å². The number of ether oxygens (including phenoxy) is 5. The molecular formula is C49H67N7O17S. The summed E-state index contributed by atoms with van der Waals surface area (Å²) in [6.45, 7) is 2.88. The second kappa shape index (κ2) is 26.7. The fourth-order valence-electron chi connectivity index (χ4n) is 9.12. The van der Waals surface area contributed by atoms with Crippen LogP contribution in [0.4, 0.5) is 11.5 Å². The number of aromatic nitrogens is 3. The summed E-state index contributed by atoms with van der Waals surface area (Å²) in [6.07, 6.45) is -4.42. The summed E-state index contributed by atoms with van der Waals surface area (Å²) >= 11 is 0. The van der Waals surface area contributed by atoms with Crippen LogP contribution in [0.1, 0.15) is 74.2 Å². The second-order valence-electron chi connectivity index (χ2n) is 18.2. The summed E-state index contributed by atoms with van der Waals surface area (Å²) in [5.74, 6) is -2.53.